The quantitative estimate of drug-likeness (QED) is 0.497. The van der Waals surface area contributed by atoms with Crippen molar-refractivity contribution < 1.29 is 9.59 Å². The van der Waals surface area contributed by atoms with Crippen LogP contribution in [0, 0.1) is 6.92 Å². The van der Waals surface area contributed by atoms with Gasteiger partial charge < -0.3 is 5.32 Å². The predicted octanol–water partition coefficient (Wildman–Crippen LogP) is 2.28. The van der Waals surface area contributed by atoms with Crippen LogP contribution in [-0.2, 0) is 9.59 Å². The second kappa shape index (κ2) is 8.32. The lowest BCUT2D eigenvalue weighted by atomic mass is 9.95. The molecule has 0 aliphatic heterocycles. The van der Waals surface area contributed by atoms with Gasteiger partial charge in [-0.15, -0.1) is 0 Å². The van der Waals surface area contributed by atoms with Gasteiger partial charge in [0.15, 0.2) is 0 Å². The number of nitrogens with one attached hydrogen (secondary N) is 2. The highest BCUT2D eigenvalue weighted by molar-refractivity contribution is 5.97. The van der Waals surface area contributed by atoms with Crippen LogP contribution in [-0.4, -0.2) is 24.1 Å². The van der Waals surface area contributed by atoms with Crippen LogP contribution in [0.4, 0.5) is 0 Å². The van der Waals surface area contributed by atoms with Gasteiger partial charge in [-0.2, -0.15) is 5.10 Å². The number of hydrogen-bond acceptors (Lipinski definition) is 3. The first-order valence-electron chi connectivity index (χ1n) is 7.81. The molecule has 1 fully saturated rings. The molecule has 0 spiro atoms. The summed E-state index contributed by atoms with van der Waals surface area (Å²) in [7, 11) is 0. The van der Waals surface area contributed by atoms with Gasteiger partial charge in [0.2, 0.25) is 11.8 Å². The molecule has 0 unspecified atom stereocenters. The van der Waals surface area contributed by atoms with E-state index in [1.165, 1.54) is 12.0 Å². The van der Waals surface area contributed by atoms with Crippen LogP contribution in [0.2, 0.25) is 0 Å². The van der Waals surface area contributed by atoms with Gasteiger partial charge in [-0.3, -0.25) is 9.59 Å². The van der Waals surface area contributed by atoms with Crippen molar-refractivity contribution in [3.05, 3.63) is 35.4 Å². The highest BCUT2D eigenvalue weighted by atomic mass is 16.2. The highest BCUT2D eigenvalue weighted by Gasteiger charge is 2.17. The smallest absolute Gasteiger partial charge is 0.249 e. The van der Waals surface area contributed by atoms with Crippen molar-refractivity contribution in [1.29, 1.82) is 0 Å². The largest absolute Gasteiger partial charge is 0.353 e. The van der Waals surface area contributed by atoms with Crippen molar-refractivity contribution in [3.63, 3.8) is 0 Å². The van der Waals surface area contributed by atoms with E-state index in [9.17, 15) is 9.59 Å². The minimum atomic E-state index is -0.392. The van der Waals surface area contributed by atoms with Crippen molar-refractivity contribution in [1.82, 2.24) is 10.7 Å². The molecular weight excluding hydrogens is 278 g/mol. The van der Waals surface area contributed by atoms with Crippen molar-refractivity contribution >= 4 is 18.0 Å². The van der Waals surface area contributed by atoms with E-state index in [4.69, 9.17) is 0 Å². The van der Waals surface area contributed by atoms with Gasteiger partial charge in [0, 0.05) is 6.04 Å². The number of nitrogens with zero attached hydrogens (tertiary/aromatic N) is 1. The summed E-state index contributed by atoms with van der Waals surface area (Å²) >= 11 is 0. The second-order valence-corrected chi connectivity index (χ2v) is 5.78. The topological polar surface area (TPSA) is 70.6 Å². The molecule has 0 radical (unpaired) electrons. The molecule has 0 heterocycles. The summed E-state index contributed by atoms with van der Waals surface area (Å²) in [6, 6.07) is 8.01. The molecule has 2 rings (SSSR count). The Bertz CT molecular complexity index is 531. The fourth-order valence-corrected chi connectivity index (χ4v) is 2.54. The third-order valence-electron chi connectivity index (χ3n) is 3.77. The molecule has 1 aliphatic carbocycles. The second-order valence-electron chi connectivity index (χ2n) is 5.78. The summed E-state index contributed by atoms with van der Waals surface area (Å²) < 4.78 is 0. The molecule has 0 aromatic heterocycles. The Morgan fingerprint density at radius 3 is 2.50 bits per heavy atom. The molecule has 22 heavy (non-hydrogen) atoms. The molecule has 5 heteroatoms. The van der Waals surface area contributed by atoms with E-state index in [1.807, 2.05) is 31.2 Å². The average molecular weight is 301 g/mol. The lowest BCUT2D eigenvalue weighted by Crippen LogP contribution is -2.38. The zero-order valence-electron chi connectivity index (χ0n) is 13.0. The van der Waals surface area contributed by atoms with Gasteiger partial charge in [-0.25, -0.2) is 5.43 Å². The molecule has 1 aliphatic rings. The first-order chi connectivity index (χ1) is 10.6. The number of rotatable bonds is 5. The maximum absolute atomic E-state index is 11.8. The highest BCUT2D eigenvalue weighted by Crippen LogP contribution is 2.17. The van der Waals surface area contributed by atoms with Crippen LogP contribution in [0.5, 0.6) is 0 Å². The third-order valence-corrected chi connectivity index (χ3v) is 3.77. The first kappa shape index (κ1) is 16.2. The number of carbonyl (C=O) groups excluding carboxylic acids is 2. The van der Waals surface area contributed by atoms with Gasteiger partial charge >= 0.3 is 0 Å². The number of aryl methyl sites for hydroxylation is 1. The molecule has 5 nitrogen and oxygen atoms in total. The maximum atomic E-state index is 11.8. The van der Waals surface area contributed by atoms with Crippen LogP contribution in [0.15, 0.2) is 29.4 Å². The SMILES string of the molecule is Cc1ccc(/C=N/NC(=O)CC(=O)NC2CCCCC2)cc1. The van der Waals surface area contributed by atoms with Crippen molar-refractivity contribution in [3.8, 4) is 0 Å². The van der Waals surface area contributed by atoms with Gasteiger partial charge in [-0.05, 0) is 25.3 Å². The van der Waals surface area contributed by atoms with E-state index in [2.05, 4.69) is 15.8 Å². The van der Waals surface area contributed by atoms with E-state index in [1.54, 1.807) is 6.21 Å². The lowest BCUT2D eigenvalue weighted by molar-refractivity contribution is -0.129. The number of hydrogen-bond donors (Lipinski definition) is 2. The molecule has 1 aromatic carbocycles. The average Bonchev–Trinajstić information content (AvgIpc) is 2.50. The molecule has 0 saturated heterocycles. The predicted molar refractivity (Wildman–Crippen MR) is 86.5 cm³/mol. The van der Waals surface area contributed by atoms with E-state index >= 15 is 0 Å². The third kappa shape index (κ3) is 5.68. The van der Waals surface area contributed by atoms with Crippen LogP contribution < -0.4 is 10.7 Å². The molecule has 2 amide bonds. The molecular formula is C17H23N3O2. The van der Waals surface area contributed by atoms with Gasteiger partial charge in [-0.1, -0.05) is 49.1 Å². The van der Waals surface area contributed by atoms with Crippen molar-refractivity contribution in [2.75, 3.05) is 0 Å². The molecule has 0 bridgehead atoms. The maximum Gasteiger partial charge on any atom is 0.249 e. The Morgan fingerprint density at radius 2 is 1.82 bits per heavy atom. The minimum Gasteiger partial charge on any atom is -0.353 e. The molecule has 1 aromatic rings. The van der Waals surface area contributed by atoms with Crippen LogP contribution in [0.1, 0.15) is 49.7 Å². The number of carbonyl (C=O) groups is 2. The number of hydrazone groups is 1. The Labute approximate surface area is 131 Å². The van der Waals surface area contributed by atoms with Gasteiger partial charge in [0.05, 0.1) is 6.21 Å². The summed E-state index contributed by atoms with van der Waals surface area (Å²) in [6.07, 6.45) is 6.95. The van der Waals surface area contributed by atoms with Crippen LogP contribution in [0.3, 0.4) is 0 Å². The zero-order chi connectivity index (χ0) is 15.8. The standard InChI is InChI=1S/C17H23N3O2/c1-13-7-9-14(10-8-13)12-18-20-17(22)11-16(21)19-15-5-3-2-4-6-15/h7-10,12,15H,2-6,11H2,1H3,(H,19,21)(H,20,22)/b18-12+. The normalized spacial score (nSPS) is 15.7. The molecule has 0 atom stereocenters. The fraction of sp³-hybridized carbons (Fsp3) is 0.471. The Hall–Kier alpha value is -2.17. The zero-order valence-corrected chi connectivity index (χ0v) is 13.0. The monoisotopic (exact) mass is 301 g/mol. The van der Waals surface area contributed by atoms with E-state index in [0.717, 1.165) is 31.2 Å². The van der Waals surface area contributed by atoms with Gasteiger partial charge in [0.1, 0.15) is 6.42 Å². The summed E-state index contributed by atoms with van der Waals surface area (Å²) in [5, 5.41) is 6.78. The minimum absolute atomic E-state index is 0.179. The Kier molecular flexibility index (Phi) is 6.13. The van der Waals surface area contributed by atoms with Crippen LogP contribution >= 0.6 is 0 Å². The number of amides is 2. The first-order valence-corrected chi connectivity index (χ1v) is 7.81. The summed E-state index contributed by atoms with van der Waals surface area (Å²) in [4.78, 5) is 23.4. The number of benzene rings is 1. The Balaban J connectivity index is 1.70. The fourth-order valence-electron chi connectivity index (χ4n) is 2.54. The lowest BCUT2D eigenvalue weighted by Gasteiger charge is -2.22. The van der Waals surface area contributed by atoms with Gasteiger partial charge in [0.25, 0.3) is 0 Å². The Morgan fingerprint density at radius 1 is 1.14 bits per heavy atom. The van der Waals surface area contributed by atoms with Crippen molar-refractivity contribution in [2.24, 2.45) is 5.10 Å². The molecule has 2 N–H and O–H groups in total. The van der Waals surface area contributed by atoms with E-state index < -0.39 is 5.91 Å². The van der Waals surface area contributed by atoms with E-state index in [-0.39, 0.29) is 18.4 Å². The summed E-state index contributed by atoms with van der Waals surface area (Å²) in [5.74, 6) is -0.619. The van der Waals surface area contributed by atoms with E-state index in [0.29, 0.717) is 0 Å². The summed E-state index contributed by atoms with van der Waals surface area (Å²) in [5.41, 5.74) is 4.45. The molecule has 118 valence electrons. The molecule has 1 saturated carbocycles. The summed E-state index contributed by atoms with van der Waals surface area (Å²) in [6.45, 7) is 2.01. The van der Waals surface area contributed by atoms with Crippen LogP contribution in [0.25, 0.3) is 0 Å². The van der Waals surface area contributed by atoms with Crippen molar-refractivity contribution in [2.45, 2.75) is 51.5 Å².